The highest BCUT2D eigenvalue weighted by atomic mass is 19.1. The summed E-state index contributed by atoms with van der Waals surface area (Å²) in [6.45, 7) is 3.99. The summed E-state index contributed by atoms with van der Waals surface area (Å²) in [5.74, 6) is -0.895. The van der Waals surface area contributed by atoms with Crippen LogP contribution in [0.3, 0.4) is 0 Å². The fourth-order valence-electron chi connectivity index (χ4n) is 3.41. The molecule has 1 atom stereocenters. The van der Waals surface area contributed by atoms with Crippen molar-refractivity contribution in [3.8, 4) is 5.69 Å². The highest BCUT2D eigenvalue weighted by Crippen LogP contribution is 2.26. The van der Waals surface area contributed by atoms with Gasteiger partial charge in [-0.3, -0.25) is 9.59 Å². The summed E-state index contributed by atoms with van der Waals surface area (Å²) in [6, 6.07) is 5.45. The maximum Gasteiger partial charge on any atom is 0.272 e. The number of halogens is 1. The molecule has 144 valence electrons. The Bertz CT molecular complexity index is 829. The van der Waals surface area contributed by atoms with Crippen molar-refractivity contribution in [3.63, 3.8) is 0 Å². The van der Waals surface area contributed by atoms with Gasteiger partial charge in [0, 0.05) is 17.8 Å². The Morgan fingerprint density at radius 2 is 1.89 bits per heavy atom. The molecule has 27 heavy (non-hydrogen) atoms. The minimum absolute atomic E-state index is 0.227. The molecule has 7 heteroatoms. The minimum atomic E-state index is -0.644. The molecule has 1 heterocycles. The van der Waals surface area contributed by atoms with Crippen LogP contribution in [0.5, 0.6) is 0 Å². The minimum Gasteiger partial charge on any atom is -0.355 e. The van der Waals surface area contributed by atoms with Gasteiger partial charge < -0.3 is 10.6 Å². The number of nitrogens with zero attached hydrogens (tertiary/aromatic N) is 2. The van der Waals surface area contributed by atoms with Crippen LogP contribution in [0, 0.1) is 5.82 Å². The van der Waals surface area contributed by atoms with Crippen molar-refractivity contribution in [2.75, 3.05) is 6.54 Å². The van der Waals surface area contributed by atoms with Crippen LogP contribution in [0.2, 0.25) is 0 Å². The number of rotatable bonds is 5. The van der Waals surface area contributed by atoms with Gasteiger partial charge in [-0.1, -0.05) is 6.42 Å². The van der Waals surface area contributed by atoms with Crippen LogP contribution < -0.4 is 10.6 Å². The van der Waals surface area contributed by atoms with Crippen LogP contribution in [0.25, 0.3) is 5.69 Å². The molecule has 0 spiro atoms. The van der Waals surface area contributed by atoms with Crippen LogP contribution in [-0.4, -0.2) is 34.2 Å². The van der Waals surface area contributed by atoms with E-state index in [9.17, 15) is 14.0 Å². The summed E-state index contributed by atoms with van der Waals surface area (Å²) in [5, 5.41) is 9.98. The van der Waals surface area contributed by atoms with E-state index in [1.807, 2.05) is 6.92 Å². The van der Waals surface area contributed by atoms with Gasteiger partial charge in [0.2, 0.25) is 5.91 Å². The molecule has 0 saturated carbocycles. The Hall–Kier alpha value is -2.70. The highest BCUT2D eigenvalue weighted by Gasteiger charge is 2.26. The molecule has 1 unspecified atom stereocenters. The smallest absolute Gasteiger partial charge is 0.272 e. The number of likely N-dealkylation sites (N-methyl/N-ethyl adjacent to an activating group) is 1. The van der Waals surface area contributed by atoms with Crippen molar-refractivity contribution in [2.24, 2.45) is 0 Å². The lowest BCUT2D eigenvalue weighted by atomic mass is 10.1. The number of hydrogen-bond donors (Lipinski definition) is 2. The Kier molecular flexibility index (Phi) is 5.88. The average Bonchev–Trinajstić information content (AvgIpc) is 2.84. The maximum atomic E-state index is 13.3. The predicted octanol–water partition coefficient (Wildman–Crippen LogP) is 2.53. The van der Waals surface area contributed by atoms with Crippen LogP contribution in [0.15, 0.2) is 24.3 Å². The lowest BCUT2D eigenvalue weighted by molar-refractivity contribution is -0.122. The molecule has 3 rings (SSSR count). The molecule has 0 radical (unpaired) electrons. The Morgan fingerprint density at radius 1 is 1.19 bits per heavy atom. The van der Waals surface area contributed by atoms with Crippen LogP contribution in [-0.2, 0) is 17.6 Å². The first kappa shape index (κ1) is 19.1. The summed E-state index contributed by atoms with van der Waals surface area (Å²) in [6.07, 6.45) is 4.70. The molecular weight excluding hydrogens is 347 g/mol. The zero-order valence-electron chi connectivity index (χ0n) is 15.7. The van der Waals surface area contributed by atoms with Gasteiger partial charge in [0.25, 0.3) is 5.91 Å². The second kappa shape index (κ2) is 8.33. The van der Waals surface area contributed by atoms with Crippen LogP contribution in [0.1, 0.15) is 54.9 Å². The molecule has 2 aromatic rings. The van der Waals surface area contributed by atoms with Crippen molar-refractivity contribution in [1.29, 1.82) is 0 Å². The third-order valence-corrected chi connectivity index (χ3v) is 4.81. The van der Waals surface area contributed by atoms with E-state index >= 15 is 0 Å². The zero-order valence-corrected chi connectivity index (χ0v) is 15.7. The Morgan fingerprint density at radius 3 is 2.59 bits per heavy atom. The lowest BCUT2D eigenvalue weighted by Gasteiger charge is -2.12. The number of amides is 2. The summed E-state index contributed by atoms with van der Waals surface area (Å²) >= 11 is 0. The van der Waals surface area contributed by atoms with Crippen molar-refractivity contribution >= 4 is 11.8 Å². The van der Waals surface area contributed by atoms with Gasteiger partial charge in [-0.15, -0.1) is 0 Å². The second-order valence-electron chi connectivity index (χ2n) is 6.81. The first-order chi connectivity index (χ1) is 13.0. The summed E-state index contributed by atoms with van der Waals surface area (Å²) in [7, 11) is 0. The number of hydrogen-bond acceptors (Lipinski definition) is 3. The summed E-state index contributed by atoms with van der Waals surface area (Å²) < 4.78 is 15.0. The van der Waals surface area contributed by atoms with Crippen LogP contribution >= 0.6 is 0 Å². The van der Waals surface area contributed by atoms with Gasteiger partial charge in [-0.25, -0.2) is 9.07 Å². The normalized spacial score (nSPS) is 14.8. The molecule has 0 bridgehead atoms. The highest BCUT2D eigenvalue weighted by molar-refractivity contribution is 5.97. The number of nitrogens with one attached hydrogen (secondary N) is 2. The Labute approximate surface area is 158 Å². The van der Waals surface area contributed by atoms with Gasteiger partial charge in [-0.05, 0) is 63.8 Å². The molecule has 1 aliphatic carbocycles. The number of benzene rings is 1. The van der Waals surface area contributed by atoms with E-state index in [2.05, 4.69) is 15.7 Å². The van der Waals surface area contributed by atoms with E-state index in [1.165, 1.54) is 12.1 Å². The standard InChI is InChI=1S/C20H25FN4O2/c1-3-22-19(26)13(2)23-20(27)18-16-7-5-4-6-8-17(16)25(24-18)15-11-9-14(21)10-12-15/h9-13H,3-8H2,1-2H3,(H,22,26)(H,23,27). The number of aromatic nitrogens is 2. The van der Waals surface area contributed by atoms with Crippen molar-refractivity contribution in [2.45, 2.75) is 52.0 Å². The number of fused-ring (bicyclic) bond motifs is 1. The third-order valence-electron chi connectivity index (χ3n) is 4.81. The molecule has 2 N–H and O–H groups in total. The quantitative estimate of drug-likeness (QED) is 0.792. The largest absolute Gasteiger partial charge is 0.355 e. The summed E-state index contributed by atoms with van der Waals surface area (Å²) in [5.41, 5.74) is 3.00. The van der Waals surface area contributed by atoms with Crippen molar-refractivity contribution < 1.29 is 14.0 Å². The first-order valence-electron chi connectivity index (χ1n) is 9.46. The molecule has 6 nitrogen and oxygen atoms in total. The van der Waals surface area contributed by atoms with E-state index in [-0.39, 0.29) is 17.6 Å². The van der Waals surface area contributed by atoms with E-state index in [4.69, 9.17) is 0 Å². The molecule has 1 aromatic carbocycles. The molecule has 0 saturated heterocycles. The van der Waals surface area contributed by atoms with E-state index in [0.717, 1.165) is 49.0 Å². The maximum absolute atomic E-state index is 13.3. The molecule has 0 fully saturated rings. The Balaban J connectivity index is 1.94. The second-order valence-corrected chi connectivity index (χ2v) is 6.81. The summed E-state index contributed by atoms with van der Waals surface area (Å²) in [4.78, 5) is 24.7. The number of carbonyl (C=O) groups is 2. The van der Waals surface area contributed by atoms with Gasteiger partial charge in [0.1, 0.15) is 11.9 Å². The van der Waals surface area contributed by atoms with Crippen LogP contribution in [0.4, 0.5) is 4.39 Å². The van der Waals surface area contributed by atoms with Gasteiger partial charge in [0.15, 0.2) is 5.69 Å². The first-order valence-corrected chi connectivity index (χ1v) is 9.46. The fraction of sp³-hybridized carbons (Fsp3) is 0.450. The van der Waals surface area contributed by atoms with E-state index in [1.54, 1.807) is 23.7 Å². The zero-order chi connectivity index (χ0) is 19.4. The average molecular weight is 372 g/mol. The van der Waals surface area contributed by atoms with Crippen molar-refractivity contribution in [3.05, 3.63) is 47.0 Å². The lowest BCUT2D eigenvalue weighted by Crippen LogP contribution is -2.45. The fourth-order valence-corrected chi connectivity index (χ4v) is 3.41. The molecular formula is C20H25FN4O2. The van der Waals surface area contributed by atoms with Gasteiger partial charge >= 0.3 is 0 Å². The van der Waals surface area contributed by atoms with E-state index in [0.29, 0.717) is 12.2 Å². The van der Waals surface area contributed by atoms with Crippen molar-refractivity contribution in [1.82, 2.24) is 20.4 Å². The van der Waals surface area contributed by atoms with E-state index < -0.39 is 6.04 Å². The predicted molar refractivity (Wildman–Crippen MR) is 100 cm³/mol. The molecule has 2 amide bonds. The SMILES string of the molecule is CCNC(=O)C(C)NC(=O)c1nn(-c2ccc(F)cc2)c2c1CCCCC2. The monoisotopic (exact) mass is 372 g/mol. The molecule has 0 aliphatic heterocycles. The molecule has 1 aliphatic rings. The topological polar surface area (TPSA) is 76.0 Å². The number of carbonyl (C=O) groups excluding carboxylic acids is 2. The van der Waals surface area contributed by atoms with Gasteiger partial charge in [-0.2, -0.15) is 5.10 Å². The van der Waals surface area contributed by atoms with Gasteiger partial charge in [0.05, 0.1) is 5.69 Å². The molecule has 1 aromatic heterocycles. The third kappa shape index (κ3) is 4.18.